The van der Waals surface area contributed by atoms with Crippen LogP contribution in [0.5, 0.6) is 0 Å². The molecule has 1 N–H and O–H groups in total. The third-order valence-corrected chi connectivity index (χ3v) is 3.98. The van der Waals surface area contributed by atoms with Gasteiger partial charge in [0, 0.05) is 17.7 Å². The second-order valence-electron chi connectivity index (χ2n) is 5.73. The van der Waals surface area contributed by atoms with E-state index in [0.29, 0.717) is 18.0 Å². The summed E-state index contributed by atoms with van der Waals surface area (Å²) in [6.07, 6.45) is 0. The van der Waals surface area contributed by atoms with Crippen LogP contribution in [-0.4, -0.2) is 10.9 Å². The van der Waals surface area contributed by atoms with Crippen LogP contribution in [0.2, 0.25) is 0 Å². The third-order valence-electron chi connectivity index (χ3n) is 3.98. The van der Waals surface area contributed by atoms with Crippen LogP contribution in [0.3, 0.4) is 0 Å². The Balaban J connectivity index is 1.46. The fourth-order valence-electron chi connectivity index (χ4n) is 2.63. The van der Waals surface area contributed by atoms with Gasteiger partial charge in [-0.25, -0.2) is 4.98 Å². The van der Waals surface area contributed by atoms with Crippen LogP contribution in [0.4, 0.5) is 0 Å². The molecular formula is C21H16N2O2. The molecule has 0 unspecified atom stereocenters. The second-order valence-corrected chi connectivity index (χ2v) is 5.73. The molecule has 4 rings (SSSR count). The first-order chi connectivity index (χ1) is 12.3. The van der Waals surface area contributed by atoms with Crippen LogP contribution in [0.1, 0.15) is 15.9 Å². The predicted octanol–water partition coefficient (Wildman–Crippen LogP) is 4.42. The Labute approximate surface area is 145 Å². The van der Waals surface area contributed by atoms with Gasteiger partial charge in [0.05, 0.1) is 0 Å². The molecule has 1 amide bonds. The molecule has 0 bridgehead atoms. The lowest BCUT2D eigenvalue weighted by Crippen LogP contribution is -2.22. The van der Waals surface area contributed by atoms with Crippen LogP contribution in [0.15, 0.2) is 83.3 Å². The first-order valence-corrected chi connectivity index (χ1v) is 8.08. The topological polar surface area (TPSA) is 55.1 Å². The number of para-hydroxylation sites is 2. The van der Waals surface area contributed by atoms with E-state index in [1.165, 1.54) is 0 Å². The summed E-state index contributed by atoms with van der Waals surface area (Å²) in [5, 5.41) is 2.92. The number of carbonyl (C=O) groups excluding carboxylic acids is 1. The Kier molecular flexibility index (Phi) is 4.01. The highest BCUT2D eigenvalue weighted by atomic mass is 16.3. The summed E-state index contributed by atoms with van der Waals surface area (Å²) in [6.45, 7) is 0.474. The zero-order valence-corrected chi connectivity index (χ0v) is 13.5. The Bertz CT molecular complexity index is 972. The minimum absolute atomic E-state index is 0.0800. The number of aromatic nitrogens is 1. The maximum atomic E-state index is 12.1. The van der Waals surface area contributed by atoms with Crippen molar-refractivity contribution in [3.63, 3.8) is 0 Å². The third kappa shape index (κ3) is 3.28. The van der Waals surface area contributed by atoms with Crippen molar-refractivity contribution in [2.75, 3.05) is 0 Å². The van der Waals surface area contributed by atoms with Gasteiger partial charge < -0.3 is 9.73 Å². The largest absolute Gasteiger partial charge is 0.436 e. The van der Waals surface area contributed by atoms with E-state index < -0.39 is 0 Å². The highest BCUT2D eigenvalue weighted by molar-refractivity contribution is 5.94. The number of amides is 1. The van der Waals surface area contributed by atoms with Crippen molar-refractivity contribution in [3.05, 3.63) is 90.0 Å². The highest BCUT2D eigenvalue weighted by Gasteiger charge is 2.08. The molecule has 4 nitrogen and oxygen atoms in total. The molecule has 4 heteroatoms. The van der Waals surface area contributed by atoms with Gasteiger partial charge in [0.15, 0.2) is 5.58 Å². The van der Waals surface area contributed by atoms with Gasteiger partial charge in [0.25, 0.3) is 5.91 Å². The summed E-state index contributed by atoms with van der Waals surface area (Å²) in [5.41, 5.74) is 4.21. The molecular weight excluding hydrogens is 312 g/mol. The monoisotopic (exact) mass is 328 g/mol. The van der Waals surface area contributed by atoms with Crippen molar-refractivity contribution in [1.29, 1.82) is 0 Å². The number of rotatable bonds is 4. The number of hydrogen-bond donors (Lipinski definition) is 1. The zero-order chi connectivity index (χ0) is 17.1. The van der Waals surface area contributed by atoms with E-state index in [1.807, 2.05) is 66.7 Å². The molecule has 25 heavy (non-hydrogen) atoms. The quantitative estimate of drug-likeness (QED) is 0.603. The summed E-state index contributed by atoms with van der Waals surface area (Å²) < 4.78 is 5.77. The fourth-order valence-corrected chi connectivity index (χ4v) is 2.63. The van der Waals surface area contributed by atoms with Gasteiger partial charge in [-0.05, 0) is 42.0 Å². The molecule has 4 aromatic rings. The Morgan fingerprint density at radius 3 is 2.36 bits per heavy atom. The Hall–Kier alpha value is -3.40. The molecule has 0 aliphatic carbocycles. The number of oxazole rings is 1. The first kappa shape index (κ1) is 15.1. The van der Waals surface area contributed by atoms with Crippen molar-refractivity contribution < 1.29 is 9.21 Å². The van der Waals surface area contributed by atoms with Gasteiger partial charge in [-0.2, -0.15) is 0 Å². The van der Waals surface area contributed by atoms with Crippen LogP contribution < -0.4 is 5.32 Å². The van der Waals surface area contributed by atoms with Gasteiger partial charge in [-0.1, -0.05) is 42.5 Å². The van der Waals surface area contributed by atoms with Crippen LogP contribution >= 0.6 is 0 Å². The Morgan fingerprint density at radius 1 is 0.880 bits per heavy atom. The molecule has 1 heterocycles. The lowest BCUT2D eigenvalue weighted by molar-refractivity contribution is 0.0951. The summed E-state index contributed by atoms with van der Waals surface area (Å²) in [4.78, 5) is 16.6. The normalized spacial score (nSPS) is 10.7. The van der Waals surface area contributed by atoms with Crippen LogP contribution in [0.25, 0.3) is 22.6 Å². The Morgan fingerprint density at radius 2 is 1.60 bits per heavy atom. The maximum absolute atomic E-state index is 12.1. The van der Waals surface area contributed by atoms with Crippen LogP contribution in [0, 0.1) is 0 Å². The molecule has 122 valence electrons. The molecule has 0 saturated carbocycles. The molecule has 0 radical (unpaired) electrons. The van der Waals surface area contributed by atoms with Gasteiger partial charge >= 0.3 is 0 Å². The lowest BCUT2D eigenvalue weighted by atomic mass is 10.1. The minimum atomic E-state index is -0.0800. The lowest BCUT2D eigenvalue weighted by Gasteiger charge is -2.06. The molecule has 1 aromatic heterocycles. The SMILES string of the molecule is O=C(NCc1ccc(-c2nc3ccccc3o2)cc1)c1ccccc1. The zero-order valence-electron chi connectivity index (χ0n) is 13.5. The van der Waals surface area contributed by atoms with E-state index in [-0.39, 0.29) is 5.91 Å². The maximum Gasteiger partial charge on any atom is 0.251 e. The highest BCUT2D eigenvalue weighted by Crippen LogP contribution is 2.24. The van der Waals surface area contributed by atoms with Crippen molar-refractivity contribution in [3.8, 4) is 11.5 Å². The van der Waals surface area contributed by atoms with Gasteiger partial charge in [-0.3, -0.25) is 4.79 Å². The molecule has 0 atom stereocenters. The average Bonchev–Trinajstić information content (AvgIpc) is 3.11. The smallest absolute Gasteiger partial charge is 0.251 e. The number of nitrogens with one attached hydrogen (secondary N) is 1. The molecule has 0 fully saturated rings. The average molecular weight is 328 g/mol. The fraction of sp³-hybridized carbons (Fsp3) is 0.0476. The first-order valence-electron chi connectivity index (χ1n) is 8.08. The number of benzene rings is 3. The number of fused-ring (bicyclic) bond motifs is 1. The molecule has 3 aromatic carbocycles. The second kappa shape index (κ2) is 6.61. The molecule has 0 saturated heterocycles. The van der Waals surface area contributed by atoms with Crippen molar-refractivity contribution in [2.24, 2.45) is 0 Å². The van der Waals surface area contributed by atoms with E-state index in [4.69, 9.17) is 4.42 Å². The van der Waals surface area contributed by atoms with Gasteiger partial charge in [0.1, 0.15) is 5.52 Å². The van der Waals surface area contributed by atoms with Gasteiger partial charge in [-0.15, -0.1) is 0 Å². The molecule has 0 spiro atoms. The standard InChI is InChI=1S/C21H16N2O2/c24-20(16-6-2-1-3-7-16)22-14-15-10-12-17(13-11-15)21-23-18-8-4-5-9-19(18)25-21/h1-13H,14H2,(H,22,24). The molecule has 0 aliphatic rings. The van der Waals surface area contributed by atoms with Crippen molar-refractivity contribution >= 4 is 17.0 Å². The summed E-state index contributed by atoms with van der Waals surface area (Å²) in [6, 6.07) is 24.7. The van der Waals surface area contributed by atoms with E-state index in [9.17, 15) is 4.79 Å². The van der Waals surface area contributed by atoms with Crippen molar-refractivity contribution in [2.45, 2.75) is 6.54 Å². The number of carbonyl (C=O) groups is 1. The summed E-state index contributed by atoms with van der Waals surface area (Å²) in [5.74, 6) is 0.518. The number of hydrogen-bond acceptors (Lipinski definition) is 3. The minimum Gasteiger partial charge on any atom is -0.436 e. The summed E-state index contributed by atoms with van der Waals surface area (Å²) >= 11 is 0. The van der Waals surface area contributed by atoms with Crippen LogP contribution in [-0.2, 0) is 6.54 Å². The van der Waals surface area contributed by atoms with Gasteiger partial charge in [0.2, 0.25) is 5.89 Å². The predicted molar refractivity (Wildman–Crippen MR) is 97.1 cm³/mol. The summed E-state index contributed by atoms with van der Waals surface area (Å²) in [7, 11) is 0. The van der Waals surface area contributed by atoms with Crippen molar-refractivity contribution in [1.82, 2.24) is 10.3 Å². The number of nitrogens with zero attached hydrogens (tertiary/aromatic N) is 1. The van der Waals surface area contributed by atoms with E-state index in [1.54, 1.807) is 12.1 Å². The van der Waals surface area contributed by atoms with E-state index in [0.717, 1.165) is 22.2 Å². The molecule has 0 aliphatic heterocycles. The van der Waals surface area contributed by atoms with E-state index in [2.05, 4.69) is 10.3 Å². The van der Waals surface area contributed by atoms with E-state index >= 15 is 0 Å².